The Kier molecular flexibility index (Phi) is 7.90. The summed E-state index contributed by atoms with van der Waals surface area (Å²) in [5.74, 6) is 6.03. The Labute approximate surface area is 209 Å². The third kappa shape index (κ3) is 6.43. The van der Waals surface area contributed by atoms with E-state index in [4.69, 9.17) is 0 Å². The minimum absolute atomic E-state index is 0.299. The number of hydrogen-bond acceptors (Lipinski definition) is 0. The molecule has 0 heterocycles. The van der Waals surface area contributed by atoms with Gasteiger partial charge in [-0.2, -0.15) is 13.2 Å². The van der Waals surface area contributed by atoms with E-state index in [2.05, 4.69) is 36.1 Å². The molecule has 0 saturated carbocycles. The lowest BCUT2D eigenvalue weighted by Crippen LogP contribution is -2.04. The van der Waals surface area contributed by atoms with Gasteiger partial charge in [0.15, 0.2) is 0 Å². The summed E-state index contributed by atoms with van der Waals surface area (Å²) in [6.45, 7) is 2.02. The zero-order valence-electron chi connectivity index (χ0n) is 20.0. The number of aryl methyl sites for hydroxylation is 3. The third-order valence-electron chi connectivity index (χ3n) is 6.14. The summed E-state index contributed by atoms with van der Waals surface area (Å²) >= 11 is 0. The van der Waals surface area contributed by atoms with Gasteiger partial charge in [0.2, 0.25) is 0 Å². The van der Waals surface area contributed by atoms with Crippen molar-refractivity contribution in [3.63, 3.8) is 0 Å². The number of alkyl halides is 3. The number of benzene rings is 4. The van der Waals surface area contributed by atoms with Gasteiger partial charge in [-0.1, -0.05) is 66.5 Å². The van der Waals surface area contributed by atoms with Crippen molar-refractivity contribution in [2.24, 2.45) is 0 Å². The van der Waals surface area contributed by atoms with Crippen molar-refractivity contribution < 1.29 is 17.6 Å². The van der Waals surface area contributed by atoms with E-state index in [0.29, 0.717) is 23.8 Å². The molecular formula is C32H26F4. The highest BCUT2D eigenvalue weighted by molar-refractivity contribution is 5.85. The summed E-state index contributed by atoms with van der Waals surface area (Å²) in [7, 11) is 0. The topological polar surface area (TPSA) is 0 Å². The highest BCUT2D eigenvalue weighted by atomic mass is 19.4. The summed E-state index contributed by atoms with van der Waals surface area (Å²) in [4.78, 5) is 0. The second-order valence-corrected chi connectivity index (χ2v) is 8.72. The average Bonchev–Trinajstić information content (AvgIpc) is 2.88. The van der Waals surface area contributed by atoms with Crippen molar-refractivity contribution in [3.8, 4) is 11.8 Å². The van der Waals surface area contributed by atoms with Crippen molar-refractivity contribution in [1.29, 1.82) is 0 Å². The van der Waals surface area contributed by atoms with Crippen molar-refractivity contribution >= 4 is 10.8 Å². The molecule has 0 unspecified atom stereocenters. The molecule has 0 spiro atoms. The molecule has 4 aromatic carbocycles. The van der Waals surface area contributed by atoms with Gasteiger partial charge >= 0.3 is 6.18 Å². The van der Waals surface area contributed by atoms with Gasteiger partial charge in [0.1, 0.15) is 5.82 Å². The summed E-state index contributed by atoms with van der Waals surface area (Å²) in [5, 5.41) is 1.27. The smallest absolute Gasteiger partial charge is 0.206 e. The maximum Gasteiger partial charge on any atom is 0.416 e. The fourth-order valence-electron chi connectivity index (χ4n) is 4.06. The van der Waals surface area contributed by atoms with Crippen molar-refractivity contribution in [3.05, 3.63) is 130 Å². The van der Waals surface area contributed by atoms with E-state index in [1.807, 2.05) is 37.3 Å². The molecule has 0 saturated heterocycles. The van der Waals surface area contributed by atoms with Crippen LogP contribution >= 0.6 is 0 Å². The Morgan fingerprint density at radius 1 is 0.722 bits per heavy atom. The van der Waals surface area contributed by atoms with E-state index in [1.54, 1.807) is 12.1 Å². The monoisotopic (exact) mass is 486 g/mol. The van der Waals surface area contributed by atoms with E-state index in [9.17, 15) is 13.2 Å². The Hall–Kier alpha value is -3.84. The average molecular weight is 487 g/mol. The number of hydrogen-bond donors (Lipinski definition) is 0. The van der Waals surface area contributed by atoms with Crippen LogP contribution in [0.4, 0.5) is 17.6 Å². The molecule has 0 atom stereocenters. The van der Waals surface area contributed by atoms with Crippen LogP contribution < -0.4 is 0 Å². The molecular weight excluding hydrogens is 460 g/mol. The van der Waals surface area contributed by atoms with Crippen LogP contribution in [-0.4, -0.2) is 0 Å². The zero-order chi connectivity index (χ0) is 25.5. The minimum atomic E-state index is -4.36. The molecule has 4 heteroatoms. The number of rotatable bonds is 6. The standard InChI is InChI=1S/C32H26F4/c1-2-3-4-5-23-6-8-24(9-7-23)10-11-26-15-21-30-28(22-26)18-17-27(31(30)33)16-12-25-13-19-29(20-14-25)32(34,35)36/h2-3,6-9,13-15,17-22H,4-5,12,16H2,1H3/b3-2+. The van der Waals surface area contributed by atoms with Gasteiger partial charge in [-0.05, 0) is 91.1 Å². The first-order chi connectivity index (χ1) is 17.3. The van der Waals surface area contributed by atoms with E-state index in [-0.39, 0.29) is 5.82 Å². The lowest BCUT2D eigenvalue weighted by Gasteiger charge is -2.09. The summed E-state index contributed by atoms with van der Waals surface area (Å²) < 4.78 is 53.3. The fourth-order valence-corrected chi connectivity index (χ4v) is 4.06. The Bertz CT molecular complexity index is 1410. The van der Waals surface area contributed by atoms with Gasteiger partial charge in [0.05, 0.1) is 5.56 Å². The molecule has 0 nitrogen and oxygen atoms in total. The molecule has 0 aliphatic rings. The maximum atomic E-state index is 15.1. The molecule has 36 heavy (non-hydrogen) atoms. The summed E-state index contributed by atoms with van der Waals surface area (Å²) in [6, 6.07) is 22.3. The van der Waals surface area contributed by atoms with Gasteiger partial charge in [0.25, 0.3) is 0 Å². The molecule has 0 aromatic heterocycles. The van der Waals surface area contributed by atoms with E-state index in [0.717, 1.165) is 47.1 Å². The molecule has 0 radical (unpaired) electrons. The molecule has 0 aliphatic heterocycles. The maximum absolute atomic E-state index is 15.1. The quantitative estimate of drug-likeness (QED) is 0.145. The number of halogens is 4. The Morgan fingerprint density at radius 2 is 1.36 bits per heavy atom. The normalized spacial score (nSPS) is 11.6. The molecule has 182 valence electrons. The first kappa shape index (κ1) is 25.3. The molecule has 0 bridgehead atoms. The van der Waals surface area contributed by atoms with Crippen LogP contribution in [0.2, 0.25) is 0 Å². The third-order valence-corrected chi connectivity index (χ3v) is 6.14. The van der Waals surface area contributed by atoms with Crippen LogP contribution in [0.5, 0.6) is 0 Å². The molecule has 4 rings (SSSR count). The van der Waals surface area contributed by atoms with Gasteiger partial charge in [-0.3, -0.25) is 0 Å². The zero-order valence-corrected chi connectivity index (χ0v) is 20.0. The van der Waals surface area contributed by atoms with Crippen LogP contribution in [0.1, 0.15) is 46.7 Å². The number of fused-ring (bicyclic) bond motifs is 1. The fraction of sp³-hybridized carbons (Fsp3) is 0.188. The highest BCUT2D eigenvalue weighted by Gasteiger charge is 2.29. The van der Waals surface area contributed by atoms with Crippen LogP contribution in [0.25, 0.3) is 10.8 Å². The van der Waals surface area contributed by atoms with Crippen LogP contribution in [0, 0.1) is 17.7 Å². The van der Waals surface area contributed by atoms with Crippen LogP contribution in [-0.2, 0) is 25.4 Å². The minimum Gasteiger partial charge on any atom is -0.206 e. The SMILES string of the molecule is C/C=C/CCc1ccc(C#Cc2ccc3c(F)c(CCc4ccc(C(F)(F)F)cc4)ccc3c2)cc1. The lowest BCUT2D eigenvalue weighted by molar-refractivity contribution is -0.137. The molecule has 4 aromatic rings. The van der Waals surface area contributed by atoms with E-state index >= 15 is 4.39 Å². The van der Waals surface area contributed by atoms with Crippen LogP contribution in [0.3, 0.4) is 0 Å². The summed E-state index contributed by atoms with van der Waals surface area (Å²) in [5.41, 5.74) is 3.59. The van der Waals surface area contributed by atoms with Gasteiger partial charge < -0.3 is 0 Å². The first-order valence-corrected chi connectivity index (χ1v) is 11.9. The molecule has 0 amide bonds. The van der Waals surface area contributed by atoms with Crippen LogP contribution in [0.15, 0.2) is 91.0 Å². The van der Waals surface area contributed by atoms with Crippen molar-refractivity contribution in [2.45, 2.75) is 38.8 Å². The highest BCUT2D eigenvalue weighted by Crippen LogP contribution is 2.29. The lowest BCUT2D eigenvalue weighted by atomic mass is 9.98. The second kappa shape index (κ2) is 11.3. The van der Waals surface area contributed by atoms with Crippen molar-refractivity contribution in [1.82, 2.24) is 0 Å². The largest absolute Gasteiger partial charge is 0.416 e. The molecule has 0 aliphatic carbocycles. The molecule has 0 N–H and O–H groups in total. The Balaban J connectivity index is 1.44. The van der Waals surface area contributed by atoms with E-state index in [1.165, 1.54) is 17.7 Å². The number of allylic oxidation sites excluding steroid dienone is 2. The van der Waals surface area contributed by atoms with Gasteiger partial charge in [-0.25, -0.2) is 4.39 Å². The predicted molar refractivity (Wildman–Crippen MR) is 138 cm³/mol. The predicted octanol–water partition coefficient (Wildman–Crippen LogP) is 8.69. The van der Waals surface area contributed by atoms with Crippen molar-refractivity contribution in [2.75, 3.05) is 0 Å². The first-order valence-electron chi connectivity index (χ1n) is 11.9. The van der Waals surface area contributed by atoms with E-state index < -0.39 is 11.7 Å². The summed E-state index contributed by atoms with van der Waals surface area (Å²) in [6.07, 6.45) is 2.73. The van der Waals surface area contributed by atoms with Gasteiger partial charge in [0, 0.05) is 16.5 Å². The second-order valence-electron chi connectivity index (χ2n) is 8.72. The molecule has 0 fully saturated rings. The Morgan fingerprint density at radius 3 is 2.06 bits per heavy atom. The van der Waals surface area contributed by atoms with Gasteiger partial charge in [-0.15, -0.1) is 0 Å².